The maximum absolute atomic E-state index is 10.1. The van der Waals surface area contributed by atoms with Gasteiger partial charge in [0.2, 0.25) is 0 Å². The summed E-state index contributed by atoms with van der Waals surface area (Å²) in [7, 11) is 0. The van der Waals surface area contributed by atoms with Crippen LogP contribution in [0.5, 0.6) is 0 Å². The van der Waals surface area contributed by atoms with E-state index in [1.165, 1.54) is 0 Å². The summed E-state index contributed by atoms with van der Waals surface area (Å²) in [6.45, 7) is 2.15. The Labute approximate surface area is 47.4 Å². The average molecular weight is 124 g/mol. The smallest absolute Gasteiger partial charge is 0.320 e. The number of hydrogen-bond donors (Lipinski definition) is 0. The molecule has 0 unspecified atom stereocenters. The molecule has 3 heteroatoms. The minimum atomic E-state index is -0.357. The molecule has 0 rings (SSSR count). The molecule has 2 nitrogen and oxygen atoms in total. The van der Waals surface area contributed by atoms with E-state index in [0.717, 1.165) is 0 Å². The van der Waals surface area contributed by atoms with Gasteiger partial charge in [0.05, 0.1) is 6.61 Å². The SMILES string of the molecule is CCOC(=O)[13CH2]Cl. The van der Waals surface area contributed by atoms with Crippen molar-refractivity contribution in [1.29, 1.82) is 0 Å². The molecule has 0 fully saturated rings. The maximum atomic E-state index is 10.1. The first-order valence-electron chi connectivity index (χ1n) is 2.02. The predicted octanol–water partition coefficient (Wildman–Crippen LogP) is 0.788. The Morgan fingerprint density at radius 2 is 2.43 bits per heavy atom. The molecular weight excluding hydrogens is 116 g/mol. The first-order valence-corrected chi connectivity index (χ1v) is 2.56. The third-order valence-corrected chi connectivity index (χ3v) is 0.633. The van der Waals surface area contributed by atoms with Gasteiger partial charge in [0.15, 0.2) is 0 Å². The first-order chi connectivity index (χ1) is 3.31. The summed E-state index contributed by atoms with van der Waals surface area (Å²) in [5.41, 5.74) is 0. The standard InChI is InChI=1S/C4H7ClO2/c1-2-7-4(6)3-5/h2-3H2,1H3/i3+1. The molecule has 0 N–H and O–H groups in total. The Morgan fingerprint density at radius 1 is 1.86 bits per heavy atom. The topological polar surface area (TPSA) is 26.3 Å². The third-order valence-electron chi connectivity index (χ3n) is 0.414. The number of alkyl halides is 1. The summed E-state index contributed by atoms with van der Waals surface area (Å²) in [4.78, 5) is 10.1. The largest absolute Gasteiger partial charge is 0.465 e. The van der Waals surface area contributed by atoms with Crippen LogP contribution in [0.2, 0.25) is 0 Å². The lowest BCUT2D eigenvalue weighted by Gasteiger charge is -1.92. The number of carbonyl (C=O) groups excluding carboxylic acids is 1. The number of hydrogen-bond acceptors (Lipinski definition) is 2. The highest BCUT2D eigenvalue weighted by Crippen LogP contribution is 1.79. The van der Waals surface area contributed by atoms with Crippen LogP contribution in [0, 0.1) is 0 Å². The van der Waals surface area contributed by atoms with Crippen molar-refractivity contribution in [3.8, 4) is 0 Å². The van der Waals surface area contributed by atoms with E-state index < -0.39 is 0 Å². The Kier molecular flexibility index (Phi) is 3.80. The Morgan fingerprint density at radius 3 is 2.57 bits per heavy atom. The normalized spacial score (nSPS) is 8.29. The number of rotatable bonds is 2. The van der Waals surface area contributed by atoms with E-state index in [2.05, 4.69) is 4.74 Å². The molecule has 0 atom stereocenters. The summed E-state index contributed by atoms with van der Waals surface area (Å²) in [6, 6.07) is 0. The van der Waals surface area contributed by atoms with Gasteiger partial charge in [-0.2, -0.15) is 0 Å². The zero-order valence-corrected chi connectivity index (χ0v) is 4.86. The van der Waals surface area contributed by atoms with Gasteiger partial charge in [-0.1, -0.05) is 0 Å². The van der Waals surface area contributed by atoms with Gasteiger partial charge >= 0.3 is 5.97 Å². The van der Waals surface area contributed by atoms with Gasteiger partial charge in [0.1, 0.15) is 5.88 Å². The zero-order valence-electron chi connectivity index (χ0n) is 4.11. The highest BCUT2D eigenvalue weighted by Gasteiger charge is 1.93. The number of halogens is 1. The van der Waals surface area contributed by atoms with E-state index in [-0.39, 0.29) is 11.8 Å². The molecular formula is C4H7ClO2. The van der Waals surface area contributed by atoms with Gasteiger partial charge in [-0.05, 0) is 6.92 Å². The van der Waals surface area contributed by atoms with E-state index in [9.17, 15) is 4.79 Å². The van der Waals surface area contributed by atoms with Crippen molar-refractivity contribution in [2.45, 2.75) is 6.92 Å². The lowest BCUT2D eigenvalue weighted by Crippen LogP contribution is -2.03. The molecule has 0 saturated heterocycles. The van der Waals surface area contributed by atoms with Crippen molar-refractivity contribution in [3.05, 3.63) is 0 Å². The van der Waals surface area contributed by atoms with Crippen LogP contribution in [-0.2, 0) is 9.53 Å². The van der Waals surface area contributed by atoms with Crippen molar-refractivity contribution in [2.75, 3.05) is 12.5 Å². The van der Waals surface area contributed by atoms with E-state index in [1.807, 2.05) is 0 Å². The van der Waals surface area contributed by atoms with Crippen LogP contribution in [0.3, 0.4) is 0 Å². The van der Waals surface area contributed by atoms with Crippen molar-refractivity contribution in [3.63, 3.8) is 0 Å². The molecule has 0 bridgehead atoms. The van der Waals surface area contributed by atoms with E-state index in [4.69, 9.17) is 11.6 Å². The zero-order chi connectivity index (χ0) is 5.70. The van der Waals surface area contributed by atoms with Crippen LogP contribution in [0.25, 0.3) is 0 Å². The summed E-state index contributed by atoms with van der Waals surface area (Å²) in [5.74, 6) is -0.405. The van der Waals surface area contributed by atoms with Crippen LogP contribution in [0.4, 0.5) is 0 Å². The highest BCUT2D eigenvalue weighted by molar-refractivity contribution is 6.26. The summed E-state index contributed by atoms with van der Waals surface area (Å²) in [6.07, 6.45) is 0. The minimum Gasteiger partial charge on any atom is -0.465 e. The molecule has 0 aromatic rings. The fourth-order valence-electron chi connectivity index (χ4n) is 0.200. The van der Waals surface area contributed by atoms with Crippen LogP contribution in [0.1, 0.15) is 6.92 Å². The van der Waals surface area contributed by atoms with Gasteiger partial charge in [0.25, 0.3) is 0 Å². The van der Waals surface area contributed by atoms with Crippen molar-refractivity contribution >= 4 is 17.6 Å². The molecule has 0 aromatic heterocycles. The molecule has 0 saturated carbocycles. The summed E-state index contributed by atoms with van der Waals surface area (Å²) in [5, 5.41) is 0. The molecule has 0 heterocycles. The van der Waals surface area contributed by atoms with Crippen LogP contribution in [0.15, 0.2) is 0 Å². The summed E-state index contributed by atoms with van der Waals surface area (Å²) < 4.78 is 4.42. The fourth-order valence-corrected chi connectivity index (χ4v) is 0.277. The number of esters is 1. The van der Waals surface area contributed by atoms with Crippen LogP contribution < -0.4 is 0 Å². The van der Waals surface area contributed by atoms with Gasteiger partial charge in [0, 0.05) is 0 Å². The maximum Gasteiger partial charge on any atom is 0.320 e. The minimum absolute atomic E-state index is 0.0478. The monoisotopic (exact) mass is 123 g/mol. The Hall–Kier alpha value is -0.240. The second kappa shape index (κ2) is 3.93. The molecule has 0 aliphatic rings. The molecule has 42 valence electrons. The number of ether oxygens (including phenoxy) is 1. The van der Waals surface area contributed by atoms with Crippen LogP contribution >= 0.6 is 11.6 Å². The third kappa shape index (κ3) is 3.59. The van der Waals surface area contributed by atoms with Crippen LogP contribution in [-0.4, -0.2) is 18.5 Å². The van der Waals surface area contributed by atoms with E-state index in [1.54, 1.807) is 6.92 Å². The lowest BCUT2D eigenvalue weighted by molar-refractivity contribution is -0.140. The van der Waals surface area contributed by atoms with Gasteiger partial charge < -0.3 is 4.74 Å². The van der Waals surface area contributed by atoms with Crippen molar-refractivity contribution in [2.24, 2.45) is 0 Å². The van der Waals surface area contributed by atoms with Gasteiger partial charge in [-0.3, -0.25) is 4.79 Å². The van der Waals surface area contributed by atoms with E-state index >= 15 is 0 Å². The molecule has 0 aliphatic heterocycles. The lowest BCUT2D eigenvalue weighted by atomic mass is 10.9. The van der Waals surface area contributed by atoms with Gasteiger partial charge in [-0.25, -0.2) is 0 Å². The number of carbonyl (C=O) groups is 1. The second-order valence-corrected chi connectivity index (χ2v) is 1.21. The average Bonchev–Trinajstić information content (AvgIpc) is 1.68. The molecule has 0 amide bonds. The molecule has 7 heavy (non-hydrogen) atoms. The quantitative estimate of drug-likeness (QED) is 0.308. The van der Waals surface area contributed by atoms with Crippen molar-refractivity contribution < 1.29 is 9.53 Å². The first kappa shape index (κ1) is 6.76. The molecule has 0 aliphatic carbocycles. The molecule has 0 radical (unpaired) electrons. The predicted molar refractivity (Wildman–Crippen MR) is 27.4 cm³/mol. The van der Waals surface area contributed by atoms with Crippen molar-refractivity contribution in [1.82, 2.24) is 0 Å². The molecule has 0 aromatic carbocycles. The molecule has 0 spiro atoms. The fraction of sp³-hybridized carbons (Fsp3) is 0.750. The van der Waals surface area contributed by atoms with E-state index in [0.29, 0.717) is 6.61 Å². The second-order valence-electron chi connectivity index (χ2n) is 0.939. The Bertz CT molecular complexity index is 62.7. The summed E-state index contributed by atoms with van der Waals surface area (Å²) >= 11 is 5.06. The Balaban J connectivity index is 3.00. The highest BCUT2D eigenvalue weighted by atomic mass is 35.5. The van der Waals surface area contributed by atoms with Gasteiger partial charge in [-0.15, -0.1) is 11.6 Å².